The second-order valence-electron chi connectivity index (χ2n) is 3.91. The van der Waals surface area contributed by atoms with Crippen LogP contribution in [-0.2, 0) is 0 Å². The molecule has 96 valence electrons. The molecule has 1 heterocycles. The summed E-state index contributed by atoms with van der Waals surface area (Å²) >= 11 is 1.62. The summed E-state index contributed by atoms with van der Waals surface area (Å²) in [6.07, 6.45) is 0. The largest absolute Gasteiger partial charge is 0.494 e. The zero-order chi connectivity index (χ0) is 12.8. The fourth-order valence-corrected chi connectivity index (χ4v) is 2.46. The number of hydrogen-bond acceptors (Lipinski definition) is 4. The summed E-state index contributed by atoms with van der Waals surface area (Å²) in [4.78, 5) is 4.40. The molecule has 18 heavy (non-hydrogen) atoms. The van der Waals surface area contributed by atoms with Gasteiger partial charge in [0.25, 0.3) is 0 Å². The molecule has 0 saturated carbocycles. The van der Waals surface area contributed by atoms with Crippen LogP contribution in [0.15, 0.2) is 35.2 Å². The molecule has 1 aromatic carbocycles. The molecule has 4 heteroatoms. The Morgan fingerprint density at radius 3 is 2.61 bits per heavy atom. The minimum atomic E-state index is 0.164. The Kier molecular flexibility index (Phi) is 4.73. The summed E-state index contributed by atoms with van der Waals surface area (Å²) in [6.45, 7) is 5.70. The molecular formula is C14H18N2OS. The molecule has 0 bridgehead atoms. The van der Waals surface area contributed by atoms with E-state index in [9.17, 15) is 0 Å². The van der Waals surface area contributed by atoms with Gasteiger partial charge in [-0.25, -0.2) is 4.98 Å². The van der Waals surface area contributed by atoms with Gasteiger partial charge < -0.3 is 10.1 Å². The topological polar surface area (TPSA) is 34.1 Å². The summed E-state index contributed by atoms with van der Waals surface area (Å²) in [7, 11) is 0. The van der Waals surface area contributed by atoms with Crippen LogP contribution in [0, 0.1) is 0 Å². The van der Waals surface area contributed by atoms with Gasteiger partial charge in [-0.05, 0) is 31.2 Å². The van der Waals surface area contributed by atoms with Crippen molar-refractivity contribution in [1.82, 2.24) is 10.3 Å². The molecule has 3 nitrogen and oxygen atoms in total. The highest BCUT2D eigenvalue weighted by Crippen LogP contribution is 2.23. The van der Waals surface area contributed by atoms with E-state index in [1.54, 1.807) is 11.3 Å². The molecule has 0 aliphatic carbocycles. The van der Waals surface area contributed by atoms with Crippen LogP contribution in [0.5, 0.6) is 5.75 Å². The average Bonchev–Trinajstić information content (AvgIpc) is 2.91. The highest BCUT2D eigenvalue weighted by atomic mass is 32.1. The molecule has 2 rings (SSSR count). The van der Waals surface area contributed by atoms with Gasteiger partial charge in [-0.3, -0.25) is 0 Å². The molecule has 0 radical (unpaired) electrons. The lowest BCUT2D eigenvalue weighted by atomic mass is 10.0. The molecule has 1 atom stereocenters. The Labute approximate surface area is 112 Å². The predicted octanol–water partition coefficient (Wildman–Crippen LogP) is 3.24. The standard InChI is InChI=1S/C14H18N2OS/c1-3-15-14(13-9-18-10-16-13)11-5-7-12(8-6-11)17-4-2/h5-10,14-15H,3-4H2,1-2H3. The molecule has 0 saturated heterocycles. The Morgan fingerprint density at radius 2 is 2.06 bits per heavy atom. The van der Waals surface area contributed by atoms with Crippen molar-refractivity contribution in [1.29, 1.82) is 0 Å². The van der Waals surface area contributed by atoms with Gasteiger partial charge >= 0.3 is 0 Å². The first-order chi connectivity index (χ1) is 8.85. The van der Waals surface area contributed by atoms with E-state index in [1.807, 2.05) is 24.6 Å². The summed E-state index contributed by atoms with van der Waals surface area (Å²) in [5.74, 6) is 0.912. The van der Waals surface area contributed by atoms with Crippen molar-refractivity contribution >= 4 is 11.3 Å². The van der Waals surface area contributed by atoms with Gasteiger partial charge in [0.2, 0.25) is 0 Å². The third-order valence-corrected chi connectivity index (χ3v) is 3.28. The fourth-order valence-electron chi connectivity index (χ4n) is 1.88. The van der Waals surface area contributed by atoms with Crippen LogP contribution < -0.4 is 10.1 Å². The Balaban J connectivity index is 2.20. The maximum atomic E-state index is 5.46. The first-order valence-corrected chi connectivity index (χ1v) is 7.13. The van der Waals surface area contributed by atoms with Gasteiger partial charge in [-0.1, -0.05) is 19.1 Å². The van der Waals surface area contributed by atoms with Crippen LogP contribution in [-0.4, -0.2) is 18.1 Å². The molecule has 0 amide bonds. The second-order valence-corrected chi connectivity index (χ2v) is 4.62. The van der Waals surface area contributed by atoms with E-state index in [-0.39, 0.29) is 6.04 Å². The van der Waals surface area contributed by atoms with Crippen LogP contribution in [0.25, 0.3) is 0 Å². The lowest BCUT2D eigenvalue weighted by Gasteiger charge is -2.16. The van der Waals surface area contributed by atoms with E-state index in [0.29, 0.717) is 6.61 Å². The summed E-state index contributed by atoms with van der Waals surface area (Å²) in [5, 5.41) is 5.54. The van der Waals surface area contributed by atoms with Gasteiger partial charge in [0.05, 0.1) is 23.9 Å². The number of thiazole rings is 1. The number of ether oxygens (including phenoxy) is 1. The first-order valence-electron chi connectivity index (χ1n) is 6.19. The number of hydrogen-bond donors (Lipinski definition) is 1. The maximum absolute atomic E-state index is 5.46. The monoisotopic (exact) mass is 262 g/mol. The normalized spacial score (nSPS) is 12.3. The minimum Gasteiger partial charge on any atom is -0.494 e. The zero-order valence-electron chi connectivity index (χ0n) is 10.7. The Morgan fingerprint density at radius 1 is 1.28 bits per heavy atom. The van der Waals surface area contributed by atoms with Crippen LogP contribution in [0.1, 0.15) is 31.1 Å². The molecule has 0 fully saturated rings. The van der Waals surface area contributed by atoms with E-state index >= 15 is 0 Å². The zero-order valence-corrected chi connectivity index (χ0v) is 11.5. The van der Waals surface area contributed by atoms with Crippen molar-refractivity contribution in [3.05, 3.63) is 46.4 Å². The maximum Gasteiger partial charge on any atom is 0.119 e. The molecule has 0 aliphatic rings. The van der Waals surface area contributed by atoms with Crippen LogP contribution >= 0.6 is 11.3 Å². The number of rotatable bonds is 6. The van der Waals surface area contributed by atoms with Gasteiger partial charge in [0.15, 0.2) is 0 Å². The highest BCUT2D eigenvalue weighted by Gasteiger charge is 2.14. The van der Waals surface area contributed by atoms with E-state index in [0.717, 1.165) is 18.0 Å². The summed E-state index contributed by atoms with van der Waals surface area (Å²) < 4.78 is 5.46. The van der Waals surface area contributed by atoms with Gasteiger partial charge in [-0.2, -0.15) is 0 Å². The number of aromatic nitrogens is 1. The fraction of sp³-hybridized carbons (Fsp3) is 0.357. The van der Waals surface area contributed by atoms with E-state index in [1.165, 1.54) is 5.56 Å². The average molecular weight is 262 g/mol. The molecule has 1 unspecified atom stereocenters. The lowest BCUT2D eigenvalue weighted by molar-refractivity contribution is 0.340. The number of nitrogens with zero attached hydrogens (tertiary/aromatic N) is 1. The quantitative estimate of drug-likeness (QED) is 0.867. The van der Waals surface area contributed by atoms with Crippen molar-refractivity contribution in [2.24, 2.45) is 0 Å². The van der Waals surface area contributed by atoms with Crippen LogP contribution in [0.2, 0.25) is 0 Å². The second kappa shape index (κ2) is 6.52. The SMILES string of the molecule is CCNC(c1ccc(OCC)cc1)c1cscn1. The Bertz CT molecular complexity index is 453. The molecule has 0 aliphatic heterocycles. The number of nitrogens with one attached hydrogen (secondary N) is 1. The van der Waals surface area contributed by atoms with Crippen LogP contribution in [0.4, 0.5) is 0 Å². The van der Waals surface area contributed by atoms with Gasteiger partial charge in [0.1, 0.15) is 5.75 Å². The van der Waals surface area contributed by atoms with Crippen molar-refractivity contribution in [2.75, 3.05) is 13.2 Å². The van der Waals surface area contributed by atoms with Gasteiger partial charge in [-0.15, -0.1) is 11.3 Å². The van der Waals surface area contributed by atoms with E-state index in [2.05, 4.69) is 34.7 Å². The molecule has 0 spiro atoms. The Hall–Kier alpha value is -1.39. The highest BCUT2D eigenvalue weighted by molar-refractivity contribution is 7.07. The molecule has 1 N–H and O–H groups in total. The van der Waals surface area contributed by atoms with Crippen molar-refractivity contribution in [2.45, 2.75) is 19.9 Å². The summed E-state index contributed by atoms with van der Waals surface area (Å²) in [5.41, 5.74) is 4.16. The van der Waals surface area contributed by atoms with E-state index < -0.39 is 0 Å². The lowest BCUT2D eigenvalue weighted by Crippen LogP contribution is -2.22. The first kappa shape index (κ1) is 13.1. The third-order valence-electron chi connectivity index (χ3n) is 2.68. The van der Waals surface area contributed by atoms with Crippen LogP contribution in [0.3, 0.4) is 0 Å². The van der Waals surface area contributed by atoms with Crippen molar-refractivity contribution in [3.63, 3.8) is 0 Å². The van der Waals surface area contributed by atoms with Crippen molar-refractivity contribution in [3.8, 4) is 5.75 Å². The predicted molar refractivity (Wildman–Crippen MR) is 75.2 cm³/mol. The van der Waals surface area contributed by atoms with Gasteiger partial charge in [0, 0.05) is 5.38 Å². The van der Waals surface area contributed by atoms with Crippen molar-refractivity contribution < 1.29 is 4.74 Å². The summed E-state index contributed by atoms with van der Waals surface area (Å²) in [6, 6.07) is 8.37. The molecular weight excluding hydrogens is 244 g/mol. The minimum absolute atomic E-state index is 0.164. The number of benzene rings is 1. The smallest absolute Gasteiger partial charge is 0.119 e. The molecule has 2 aromatic rings. The van der Waals surface area contributed by atoms with E-state index in [4.69, 9.17) is 4.74 Å². The molecule has 1 aromatic heterocycles. The third kappa shape index (κ3) is 3.09.